The van der Waals surface area contributed by atoms with Gasteiger partial charge < -0.3 is 23.7 Å². The summed E-state index contributed by atoms with van der Waals surface area (Å²) in [6, 6.07) is 16.6. The molecule has 7 heteroatoms. The molecule has 3 heterocycles. The Labute approximate surface area is 167 Å². The van der Waals surface area contributed by atoms with Crippen LogP contribution in [0.3, 0.4) is 0 Å². The third kappa shape index (κ3) is 3.29. The van der Waals surface area contributed by atoms with Crippen molar-refractivity contribution in [1.29, 1.82) is 0 Å². The Bertz CT molecular complexity index is 1030. The Kier molecular flexibility index (Phi) is 4.35. The predicted molar refractivity (Wildman–Crippen MR) is 105 cm³/mol. The third-order valence-corrected chi connectivity index (χ3v) is 5.30. The summed E-state index contributed by atoms with van der Waals surface area (Å²) < 4.78 is 17.1. The van der Waals surface area contributed by atoms with Crippen molar-refractivity contribution < 1.29 is 23.5 Å². The second-order valence-corrected chi connectivity index (χ2v) is 7.13. The molecule has 1 saturated heterocycles. The summed E-state index contributed by atoms with van der Waals surface area (Å²) in [7, 11) is 0. The SMILES string of the molecule is O=C(c1cc2ccccc2o1)N1CCN(C(=O)C2COc3ccccc3O2)CC1. The average Bonchev–Trinajstić information content (AvgIpc) is 3.22. The molecule has 0 radical (unpaired) electrons. The van der Waals surface area contributed by atoms with E-state index in [-0.39, 0.29) is 18.4 Å². The highest BCUT2D eigenvalue weighted by atomic mass is 16.6. The van der Waals surface area contributed by atoms with Crippen LogP contribution in [0.4, 0.5) is 0 Å². The van der Waals surface area contributed by atoms with Crippen molar-refractivity contribution in [1.82, 2.24) is 9.80 Å². The predicted octanol–water partition coefficient (Wildman–Crippen LogP) is 2.56. The zero-order chi connectivity index (χ0) is 19.8. The van der Waals surface area contributed by atoms with Crippen molar-refractivity contribution in [2.45, 2.75) is 6.10 Å². The van der Waals surface area contributed by atoms with E-state index in [9.17, 15) is 9.59 Å². The van der Waals surface area contributed by atoms with Gasteiger partial charge in [0.2, 0.25) is 6.10 Å². The summed E-state index contributed by atoms with van der Waals surface area (Å²) in [6.45, 7) is 1.99. The van der Waals surface area contributed by atoms with E-state index in [1.165, 1.54) is 0 Å². The Hall–Kier alpha value is -3.48. The van der Waals surface area contributed by atoms with Gasteiger partial charge in [-0.3, -0.25) is 9.59 Å². The second kappa shape index (κ2) is 7.16. The highest BCUT2D eigenvalue weighted by molar-refractivity contribution is 5.96. The number of hydrogen-bond donors (Lipinski definition) is 0. The lowest BCUT2D eigenvalue weighted by Gasteiger charge is -2.36. The minimum absolute atomic E-state index is 0.115. The number of carbonyl (C=O) groups excluding carboxylic acids is 2. The van der Waals surface area contributed by atoms with Crippen molar-refractivity contribution in [2.75, 3.05) is 32.8 Å². The molecule has 29 heavy (non-hydrogen) atoms. The normalized spacial score (nSPS) is 18.7. The van der Waals surface area contributed by atoms with Crippen LogP contribution in [0.1, 0.15) is 10.6 Å². The van der Waals surface area contributed by atoms with Crippen LogP contribution in [-0.4, -0.2) is 60.5 Å². The quantitative estimate of drug-likeness (QED) is 0.670. The maximum absolute atomic E-state index is 12.8. The molecule has 2 amide bonds. The number of furan rings is 1. The number of para-hydroxylation sites is 3. The van der Waals surface area contributed by atoms with Crippen LogP contribution in [0.5, 0.6) is 11.5 Å². The maximum atomic E-state index is 12.8. The Morgan fingerprint density at radius 3 is 2.34 bits per heavy atom. The molecule has 2 aromatic carbocycles. The molecule has 0 spiro atoms. The van der Waals surface area contributed by atoms with Gasteiger partial charge in [-0.05, 0) is 24.3 Å². The molecule has 0 bridgehead atoms. The summed E-state index contributed by atoms with van der Waals surface area (Å²) in [5.41, 5.74) is 0.694. The lowest BCUT2D eigenvalue weighted by Crippen LogP contribution is -2.55. The minimum atomic E-state index is -0.664. The molecule has 1 unspecified atom stereocenters. The maximum Gasteiger partial charge on any atom is 0.289 e. The second-order valence-electron chi connectivity index (χ2n) is 7.13. The van der Waals surface area contributed by atoms with Crippen LogP contribution in [0.15, 0.2) is 59.0 Å². The van der Waals surface area contributed by atoms with Gasteiger partial charge in [-0.2, -0.15) is 0 Å². The van der Waals surface area contributed by atoms with Crippen molar-refractivity contribution in [3.63, 3.8) is 0 Å². The van der Waals surface area contributed by atoms with Gasteiger partial charge in [0.25, 0.3) is 11.8 Å². The summed E-state index contributed by atoms with van der Waals surface area (Å²) >= 11 is 0. The molecule has 0 N–H and O–H groups in total. The number of amides is 2. The number of hydrogen-bond acceptors (Lipinski definition) is 5. The van der Waals surface area contributed by atoms with Gasteiger partial charge in [0.1, 0.15) is 12.2 Å². The van der Waals surface area contributed by atoms with E-state index in [1.807, 2.05) is 42.5 Å². The summed E-state index contributed by atoms with van der Waals surface area (Å²) in [4.78, 5) is 29.0. The van der Waals surface area contributed by atoms with E-state index in [4.69, 9.17) is 13.9 Å². The van der Waals surface area contributed by atoms with Gasteiger partial charge in [-0.15, -0.1) is 0 Å². The van der Waals surface area contributed by atoms with E-state index >= 15 is 0 Å². The fourth-order valence-electron chi connectivity index (χ4n) is 3.72. The van der Waals surface area contributed by atoms with Gasteiger partial charge in [0.05, 0.1) is 0 Å². The van der Waals surface area contributed by atoms with E-state index < -0.39 is 6.10 Å². The van der Waals surface area contributed by atoms with Crippen LogP contribution in [0.25, 0.3) is 11.0 Å². The number of fused-ring (bicyclic) bond motifs is 2. The standard InChI is InChI=1S/C22H20N2O5/c25-21(19-13-15-5-1-2-6-16(15)28-19)23-9-11-24(12-10-23)22(26)20-14-27-17-7-3-4-8-18(17)29-20/h1-8,13,20H,9-12,14H2. The molecule has 0 aliphatic carbocycles. The molecular weight excluding hydrogens is 372 g/mol. The monoisotopic (exact) mass is 392 g/mol. The average molecular weight is 392 g/mol. The van der Waals surface area contributed by atoms with Crippen LogP contribution in [0.2, 0.25) is 0 Å². The van der Waals surface area contributed by atoms with E-state index in [1.54, 1.807) is 21.9 Å². The number of ether oxygens (including phenoxy) is 2. The topological polar surface area (TPSA) is 72.2 Å². The first-order valence-corrected chi connectivity index (χ1v) is 9.64. The Morgan fingerprint density at radius 1 is 0.862 bits per heavy atom. The molecule has 2 aliphatic heterocycles. The number of nitrogens with zero attached hydrogens (tertiary/aromatic N) is 2. The highest BCUT2D eigenvalue weighted by Crippen LogP contribution is 2.31. The fourth-order valence-corrected chi connectivity index (χ4v) is 3.72. The minimum Gasteiger partial charge on any atom is -0.485 e. The van der Waals surface area contributed by atoms with Crippen molar-refractivity contribution in [2.24, 2.45) is 0 Å². The van der Waals surface area contributed by atoms with Crippen LogP contribution in [-0.2, 0) is 4.79 Å². The molecule has 2 aliphatic rings. The first-order chi connectivity index (χ1) is 14.2. The van der Waals surface area contributed by atoms with Gasteiger partial charge in [0, 0.05) is 31.6 Å². The number of piperazine rings is 1. The van der Waals surface area contributed by atoms with Crippen LogP contribution in [0, 0.1) is 0 Å². The first-order valence-electron chi connectivity index (χ1n) is 9.64. The number of carbonyl (C=O) groups is 2. The zero-order valence-corrected chi connectivity index (χ0v) is 15.7. The summed E-state index contributed by atoms with van der Waals surface area (Å²) in [6.07, 6.45) is -0.664. The molecular formula is C22H20N2O5. The fraction of sp³-hybridized carbons (Fsp3) is 0.273. The molecule has 0 saturated carbocycles. The van der Waals surface area contributed by atoms with Crippen molar-refractivity contribution in [3.8, 4) is 11.5 Å². The van der Waals surface area contributed by atoms with E-state index in [0.717, 1.165) is 5.39 Å². The molecule has 5 rings (SSSR count). The van der Waals surface area contributed by atoms with E-state index in [2.05, 4.69) is 0 Å². The number of rotatable bonds is 2. The Morgan fingerprint density at radius 2 is 1.55 bits per heavy atom. The van der Waals surface area contributed by atoms with E-state index in [0.29, 0.717) is 49.0 Å². The van der Waals surface area contributed by atoms with Crippen molar-refractivity contribution >= 4 is 22.8 Å². The number of benzene rings is 2. The van der Waals surface area contributed by atoms with Crippen LogP contribution < -0.4 is 9.47 Å². The smallest absolute Gasteiger partial charge is 0.289 e. The molecule has 3 aromatic rings. The van der Waals surface area contributed by atoms with Crippen LogP contribution >= 0.6 is 0 Å². The zero-order valence-electron chi connectivity index (χ0n) is 15.7. The lowest BCUT2D eigenvalue weighted by atomic mass is 10.2. The summed E-state index contributed by atoms with van der Waals surface area (Å²) in [5.74, 6) is 1.29. The largest absolute Gasteiger partial charge is 0.485 e. The Balaban J connectivity index is 1.21. The van der Waals surface area contributed by atoms with Gasteiger partial charge in [0.15, 0.2) is 17.3 Å². The van der Waals surface area contributed by atoms with Gasteiger partial charge in [-0.1, -0.05) is 30.3 Å². The molecule has 1 aromatic heterocycles. The molecule has 7 nitrogen and oxygen atoms in total. The van der Waals surface area contributed by atoms with Crippen molar-refractivity contribution in [3.05, 3.63) is 60.4 Å². The molecule has 148 valence electrons. The highest BCUT2D eigenvalue weighted by Gasteiger charge is 2.34. The van der Waals surface area contributed by atoms with Gasteiger partial charge >= 0.3 is 0 Å². The van der Waals surface area contributed by atoms with Gasteiger partial charge in [-0.25, -0.2) is 0 Å². The third-order valence-electron chi connectivity index (χ3n) is 5.30. The lowest BCUT2D eigenvalue weighted by molar-refractivity contribution is -0.142. The summed E-state index contributed by atoms with van der Waals surface area (Å²) in [5, 5.41) is 0.902. The molecule has 1 atom stereocenters. The first kappa shape index (κ1) is 17.6. The molecule has 1 fully saturated rings.